The fourth-order valence-electron chi connectivity index (χ4n) is 4.96. The van der Waals surface area contributed by atoms with Crippen LogP contribution in [-0.2, 0) is 5.41 Å². The van der Waals surface area contributed by atoms with Gasteiger partial charge in [0.1, 0.15) is 5.82 Å². The molecule has 1 saturated carbocycles. The maximum absolute atomic E-state index is 14.2. The van der Waals surface area contributed by atoms with Gasteiger partial charge in [-0.3, -0.25) is 4.99 Å². The van der Waals surface area contributed by atoms with Crippen LogP contribution in [0.2, 0.25) is 0 Å². The predicted molar refractivity (Wildman–Crippen MR) is 104 cm³/mol. The topological polar surface area (TPSA) is 39.7 Å². The Morgan fingerprint density at radius 2 is 1.92 bits per heavy atom. The first-order valence-corrected chi connectivity index (χ1v) is 10.1. The van der Waals surface area contributed by atoms with E-state index < -0.39 is 0 Å². The van der Waals surface area contributed by atoms with E-state index in [1.54, 1.807) is 12.1 Å². The molecule has 4 nitrogen and oxygen atoms in total. The Balaban J connectivity index is 1.35. The molecule has 3 fully saturated rings. The minimum Gasteiger partial charge on any atom is -0.356 e. The smallest absolute Gasteiger partial charge is 0.191 e. The van der Waals surface area contributed by atoms with Gasteiger partial charge >= 0.3 is 0 Å². The predicted octanol–water partition coefficient (Wildman–Crippen LogP) is 3.04. The van der Waals surface area contributed by atoms with Crippen molar-refractivity contribution in [3.63, 3.8) is 0 Å². The van der Waals surface area contributed by atoms with Gasteiger partial charge in [0.05, 0.1) is 0 Å². The Kier molecular flexibility index (Phi) is 4.91. The Labute approximate surface area is 156 Å². The fourth-order valence-corrected chi connectivity index (χ4v) is 4.96. The summed E-state index contributed by atoms with van der Waals surface area (Å²) in [4.78, 5) is 7.01. The second-order valence-corrected chi connectivity index (χ2v) is 8.40. The lowest BCUT2D eigenvalue weighted by Crippen LogP contribution is -2.57. The molecule has 1 aromatic carbocycles. The molecule has 4 rings (SSSR count). The number of nitrogens with zero attached hydrogens (tertiary/aromatic N) is 2. The first-order chi connectivity index (χ1) is 12.6. The third-order valence-corrected chi connectivity index (χ3v) is 6.80. The SMILES string of the molecule is CN=C(NCC1(c2ccccc2F)CC1)NC1CC2CCCC(C1)N2C. The summed E-state index contributed by atoms with van der Waals surface area (Å²) in [5.74, 6) is 0.776. The Morgan fingerprint density at radius 3 is 2.54 bits per heavy atom. The van der Waals surface area contributed by atoms with Crippen molar-refractivity contribution in [2.75, 3.05) is 20.6 Å². The van der Waals surface area contributed by atoms with Crippen LogP contribution in [0.3, 0.4) is 0 Å². The second kappa shape index (κ2) is 7.18. The number of nitrogens with one attached hydrogen (secondary N) is 2. The van der Waals surface area contributed by atoms with Crippen molar-refractivity contribution >= 4 is 5.96 Å². The van der Waals surface area contributed by atoms with E-state index in [-0.39, 0.29) is 11.2 Å². The van der Waals surface area contributed by atoms with Gasteiger partial charge < -0.3 is 15.5 Å². The maximum Gasteiger partial charge on any atom is 0.191 e. The highest BCUT2D eigenvalue weighted by Gasteiger charge is 2.46. The fraction of sp³-hybridized carbons (Fsp3) is 0.667. The van der Waals surface area contributed by atoms with Crippen LogP contribution in [-0.4, -0.2) is 49.6 Å². The molecule has 1 aliphatic carbocycles. The molecule has 0 aromatic heterocycles. The van der Waals surface area contributed by atoms with E-state index in [0.717, 1.165) is 30.9 Å². The van der Waals surface area contributed by atoms with E-state index in [1.165, 1.54) is 32.1 Å². The molecule has 142 valence electrons. The molecule has 2 aliphatic heterocycles. The number of hydrogen-bond donors (Lipinski definition) is 2. The van der Waals surface area contributed by atoms with Gasteiger partial charge in [-0.15, -0.1) is 0 Å². The zero-order valence-electron chi connectivity index (χ0n) is 16.0. The van der Waals surface area contributed by atoms with Gasteiger partial charge in [-0.1, -0.05) is 24.6 Å². The highest BCUT2D eigenvalue weighted by Crippen LogP contribution is 2.48. The summed E-state index contributed by atoms with van der Waals surface area (Å²) in [5.41, 5.74) is 0.781. The summed E-state index contributed by atoms with van der Waals surface area (Å²) in [6, 6.07) is 9.08. The van der Waals surface area contributed by atoms with E-state index in [4.69, 9.17) is 0 Å². The molecule has 26 heavy (non-hydrogen) atoms. The monoisotopic (exact) mass is 358 g/mol. The Hall–Kier alpha value is -1.62. The average molecular weight is 359 g/mol. The van der Waals surface area contributed by atoms with E-state index in [0.29, 0.717) is 18.1 Å². The van der Waals surface area contributed by atoms with Gasteiger partial charge in [-0.2, -0.15) is 0 Å². The molecule has 1 aromatic rings. The van der Waals surface area contributed by atoms with Crippen LogP contribution >= 0.6 is 0 Å². The van der Waals surface area contributed by atoms with Gasteiger partial charge in [0.15, 0.2) is 5.96 Å². The van der Waals surface area contributed by atoms with Crippen LogP contribution in [0, 0.1) is 5.82 Å². The third-order valence-electron chi connectivity index (χ3n) is 6.80. The lowest BCUT2D eigenvalue weighted by atomic mass is 9.82. The molecule has 2 N–H and O–H groups in total. The largest absolute Gasteiger partial charge is 0.356 e. The first-order valence-electron chi connectivity index (χ1n) is 10.1. The molecule has 0 radical (unpaired) electrons. The first kappa shape index (κ1) is 17.8. The van der Waals surface area contributed by atoms with Crippen molar-refractivity contribution < 1.29 is 4.39 Å². The molecule has 0 amide bonds. The van der Waals surface area contributed by atoms with Crippen molar-refractivity contribution in [1.82, 2.24) is 15.5 Å². The summed E-state index contributed by atoms with van der Waals surface area (Å²) in [7, 11) is 4.11. The lowest BCUT2D eigenvalue weighted by molar-refractivity contribution is 0.0526. The van der Waals surface area contributed by atoms with E-state index >= 15 is 0 Å². The third kappa shape index (κ3) is 3.46. The highest BCUT2D eigenvalue weighted by atomic mass is 19.1. The van der Waals surface area contributed by atoms with Crippen molar-refractivity contribution in [3.8, 4) is 0 Å². The molecular formula is C21H31FN4. The van der Waals surface area contributed by atoms with Crippen LogP contribution in [0.4, 0.5) is 4.39 Å². The normalized spacial score (nSPS) is 30.7. The van der Waals surface area contributed by atoms with E-state index in [9.17, 15) is 4.39 Å². The van der Waals surface area contributed by atoms with Crippen LogP contribution in [0.25, 0.3) is 0 Å². The van der Waals surface area contributed by atoms with E-state index in [2.05, 4.69) is 27.6 Å². The zero-order chi connectivity index (χ0) is 18.1. The van der Waals surface area contributed by atoms with Crippen molar-refractivity contribution in [1.29, 1.82) is 0 Å². The molecule has 2 heterocycles. The standard InChI is InChI=1S/C21H31FN4/c1-23-20(25-15-12-16-6-5-7-17(13-15)26(16)2)24-14-21(10-11-21)18-8-3-4-9-19(18)22/h3-4,8-9,15-17H,5-7,10-14H2,1-2H3,(H2,23,24,25). The van der Waals surface area contributed by atoms with E-state index in [1.807, 2.05) is 19.2 Å². The van der Waals surface area contributed by atoms with Gasteiger partial charge in [0.25, 0.3) is 0 Å². The Morgan fingerprint density at radius 1 is 1.23 bits per heavy atom. The number of hydrogen-bond acceptors (Lipinski definition) is 2. The lowest BCUT2D eigenvalue weighted by Gasteiger charge is -2.47. The summed E-state index contributed by atoms with van der Waals surface area (Å²) >= 11 is 0. The molecule has 5 heteroatoms. The second-order valence-electron chi connectivity index (χ2n) is 8.40. The van der Waals surface area contributed by atoms with Crippen LogP contribution in [0.5, 0.6) is 0 Å². The number of piperidine rings is 2. The highest BCUT2D eigenvalue weighted by molar-refractivity contribution is 5.80. The maximum atomic E-state index is 14.2. The Bertz CT molecular complexity index is 656. The number of benzene rings is 1. The van der Waals surface area contributed by atoms with Crippen molar-refractivity contribution in [2.24, 2.45) is 4.99 Å². The molecule has 2 unspecified atom stereocenters. The number of rotatable bonds is 4. The average Bonchev–Trinajstić information content (AvgIpc) is 3.40. The molecule has 2 bridgehead atoms. The van der Waals surface area contributed by atoms with Gasteiger partial charge in [-0.25, -0.2) is 4.39 Å². The van der Waals surface area contributed by atoms with Crippen LogP contribution in [0.1, 0.15) is 50.5 Å². The quantitative estimate of drug-likeness (QED) is 0.642. The molecular weight excluding hydrogens is 327 g/mol. The number of fused-ring (bicyclic) bond motifs is 2. The summed E-state index contributed by atoms with van der Waals surface area (Å²) in [6.07, 6.45) is 8.44. The molecule has 2 saturated heterocycles. The molecule has 0 spiro atoms. The molecule has 3 aliphatic rings. The van der Waals surface area contributed by atoms with Crippen molar-refractivity contribution in [2.45, 2.75) is 68.5 Å². The van der Waals surface area contributed by atoms with Gasteiger partial charge in [0, 0.05) is 37.1 Å². The summed E-state index contributed by atoms with van der Waals surface area (Å²) in [6.45, 7) is 0.743. The summed E-state index contributed by atoms with van der Waals surface area (Å²) in [5, 5.41) is 7.12. The van der Waals surface area contributed by atoms with Crippen LogP contribution in [0.15, 0.2) is 29.3 Å². The van der Waals surface area contributed by atoms with Gasteiger partial charge in [-0.05, 0) is 57.2 Å². The molecule has 2 atom stereocenters. The number of aliphatic imine (C=N–C) groups is 1. The minimum atomic E-state index is -0.0853. The minimum absolute atomic E-state index is 0.0632. The van der Waals surface area contributed by atoms with Gasteiger partial charge in [0.2, 0.25) is 0 Å². The zero-order valence-corrected chi connectivity index (χ0v) is 16.0. The number of guanidine groups is 1. The number of halogens is 1. The summed E-state index contributed by atoms with van der Waals surface area (Å²) < 4.78 is 14.2. The van der Waals surface area contributed by atoms with Crippen LogP contribution < -0.4 is 10.6 Å². The van der Waals surface area contributed by atoms with Crippen molar-refractivity contribution in [3.05, 3.63) is 35.6 Å².